The highest BCUT2D eigenvalue weighted by molar-refractivity contribution is 6.34. The second kappa shape index (κ2) is 5.67. The number of hydrogen-bond acceptors (Lipinski definition) is 3. The smallest absolute Gasteiger partial charge is 0.0896 e. The van der Waals surface area contributed by atoms with Crippen LogP contribution in [0.15, 0.2) is 36.5 Å². The van der Waals surface area contributed by atoms with Gasteiger partial charge >= 0.3 is 0 Å². The number of aryl methyl sites for hydroxylation is 1. The van der Waals surface area contributed by atoms with Gasteiger partial charge in [0.2, 0.25) is 0 Å². The van der Waals surface area contributed by atoms with Crippen molar-refractivity contribution in [3.05, 3.63) is 63.4 Å². The molecule has 0 bridgehead atoms. The molecular weight excluding hydrogens is 269 g/mol. The van der Waals surface area contributed by atoms with Crippen molar-refractivity contribution in [1.29, 1.82) is 0 Å². The molecule has 0 aliphatic heterocycles. The fourth-order valence-corrected chi connectivity index (χ4v) is 2.22. The topological polar surface area (TPSA) is 50.9 Å². The summed E-state index contributed by atoms with van der Waals surface area (Å²) in [5.41, 5.74) is 5.57. The summed E-state index contributed by atoms with van der Waals surface area (Å²) in [5.74, 6) is 5.60. The highest BCUT2D eigenvalue weighted by Crippen LogP contribution is 2.27. The molecule has 0 radical (unpaired) electrons. The van der Waals surface area contributed by atoms with Crippen molar-refractivity contribution in [2.45, 2.75) is 13.0 Å². The van der Waals surface area contributed by atoms with Crippen molar-refractivity contribution in [3.8, 4) is 0 Å². The number of halogens is 2. The van der Waals surface area contributed by atoms with Crippen molar-refractivity contribution >= 4 is 23.2 Å². The van der Waals surface area contributed by atoms with Gasteiger partial charge in [0.15, 0.2) is 0 Å². The standard InChI is InChI=1S/C13H13Cl2N3/c1-8-2-4-9(5-3-8)12(18-16)13-11(15)6-10(14)7-17-13/h2-7,12,18H,16H2,1H3. The molecule has 1 unspecified atom stereocenters. The van der Waals surface area contributed by atoms with Crippen molar-refractivity contribution in [2.24, 2.45) is 5.84 Å². The van der Waals surface area contributed by atoms with E-state index in [1.807, 2.05) is 31.2 Å². The fraction of sp³-hybridized carbons (Fsp3) is 0.154. The molecule has 2 aromatic rings. The van der Waals surface area contributed by atoms with Crippen LogP contribution in [0.4, 0.5) is 0 Å². The first kappa shape index (κ1) is 13.3. The number of nitrogens with zero attached hydrogens (tertiary/aromatic N) is 1. The van der Waals surface area contributed by atoms with E-state index in [2.05, 4.69) is 10.4 Å². The number of benzene rings is 1. The molecule has 0 amide bonds. The Hall–Kier alpha value is -1.13. The predicted molar refractivity (Wildman–Crippen MR) is 74.6 cm³/mol. The number of hydrazine groups is 1. The Morgan fingerprint density at radius 1 is 1.22 bits per heavy atom. The summed E-state index contributed by atoms with van der Waals surface area (Å²) < 4.78 is 0. The van der Waals surface area contributed by atoms with Crippen LogP contribution in [0.2, 0.25) is 10.0 Å². The highest BCUT2D eigenvalue weighted by atomic mass is 35.5. The Kier molecular flexibility index (Phi) is 4.19. The molecule has 94 valence electrons. The predicted octanol–water partition coefficient (Wildman–Crippen LogP) is 3.25. The monoisotopic (exact) mass is 281 g/mol. The molecule has 0 aliphatic carbocycles. The lowest BCUT2D eigenvalue weighted by Gasteiger charge is -2.17. The Labute approximate surface area is 116 Å². The van der Waals surface area contributed by atoms with Gasteiger partial charge in [-0.05, 0) is 18.6 Å². The van der Waals surface area contributed by atoms with Gasteiger partial charge in [0, 0.05) is 6.20 Å². The Bertz CT molecular complexity index is 540. The van der Waals surface area contributed by atoms with E-state index in [0.29, 0.717) is 15.7 Å². The van der Waals surface area contributed by atoms with Crippen LogP contribution in [0.3, 0.4) is 0 Å². The number of pyridine rings is 1. The van der Waals surface area contributed by atoms with Crippen LogP contribution in [-0.2, 0) is 0 Å². The Morgan fingerprint density at radius 2 is 1.89 bits per heavy atom. The highest BCUT2D eigenvalue weighted by Gasteiger charge is 2.17. The van der Waals surface area contributed by atoms with Crippen LogP contribution in [-0.4, -0.2) is 4.98 Å². The summed E-state index contributed by atoms with van der Waals surface area (Å²) >= 11 is 12.0. The van der Waals surface area contributed by atoms with Crippen LogP contribution in [0.25, 0.3) is 0 Å². The van der Waals surface area contributed by atoms with E-state index >= 15 is 0 Å². The summed E-state index contributed by atoms with van der Waals surface area (Å²) in [6.07, 6.45) is 1.56. The molecule has 0 fully saturated rings. The van der Waals surface area contributed by atoms with Gasteiger partial charge < -0.3 is 0 Å². The third-order valence-electron chi connectivity index (χ3n) is 2.69. The number of aromatic nitrogens is 1. The number of nitrogens with two attached hydrogens (primary N) is 1. The van der Waals surface area contributed by atoms with E-state index < -0.39 is 0 Å². The van der Waals surface area contributed by atoms with E-state index in [-0.39, 0.29) is 6.04 Å². The maximum Gasteiger partial charge on any atom is 0.0896 e. The molecule has 0 spiro atoms. The zero-order chi connectivity index (χ0) is 13.1. The van der Waals surface area contributed by atoms with Gasteiger partial charge in [-0.15, -0.1) is 0 Å². The summed E-state index contributed by atoms with van der Waals surface area (Å²) in [6, 6.07) is 9.42. The molecule has 5 heteroatoms. The zero-order valence-corrected chi connectivity index (χ0v) is 11.3. The minimum absolute atomic E-state index is 0.254. The maximum atomic E-state index is 6.14. The third kappa shape index (κ3) is 2.82. The lowest BCUT2D eigenvalue weighted by atomic mass is 10.0. The van der Waals surface area contributed by atoms with Gasteiger partial charge in [0.05, 0.1) is 21.8 Å². The third-order valence-corrected chi connectivity index (χ3v) is 3.20. The lowest BCUT2D eigenvalue weighted by Crippen LogP contribution is -2.29. The Balaban J connectivity index is 2.41. The Morgan fingerprint density at radius 3 is 2.44 bits per heavy atom. The van der Waals surface area contributed by atoms with Gasteiger partial charge in [-0.1, -0.05) is 53.0 Å². The van der Waals surface area contributed by atoms with E-state index in [0.717, 1.165) is 5.56 Å². The second-order valence-corrected chi connectivity index (χ2v) is 4.87. The van der Waals surface area contributed by atoms with Crippen LogP contribution in [0, 0.1) is 6.92 Å². The molecule has 0 saturated carbocycles. The normalized spacial score (nSPS) is 12.4. The van der Waals surface area contributed by atoms with Crippen molar-refractivity contribution in [2.75, 3.05) is 0 Å². The molecular formula is C13H13Cl2N3. The number of rotatable bonds is 3. The first-order valence-corrected chi connectivity index (χ1v) is 6.21. The average molecular weight is 282 g/mol. The first-order chi connectivity index (χ1) is 8.61. The molecule has 0 saturated heterocycles. The van der Waals surface area contributed by atoms with Gasteiger partial charge in [-0.3, -0.25) is 10.8 Å². The first-order valence-electron chi connectivity index (χ1n) is 5.45. The van der Waals surface area contributed by atoms with Crippen LogP contribution < -0.4 is 11.3 Å². The molecule has 3 N–H and O–H groups in total. The SMILES string of the molecule is Cc1ccc(C(NN)c2ncc(Cl)cc2Cl)cc1. The minimum Gasteiger partial charge on any atom is -0.271 e. The second-order valence-electron chi connectivity index (χ2n) is 4.03. The van der Waals surface area contributed by atoms with Crippen LogP contribution in [0.1, 0.15) is 22.9 Å². The molecule has 2 rings (SSSR count). The average Bonchev–Trinajstić information content (AvgIpc) is 2.35. The summed E-state index contributed by atoms with van der Waals surface area (Å²) in [7, 11) is 0. The van der Waals surface area contributed by atoms with E-state index in [1.54, 1.807) is 12.3 Å². The molecule has 18 heavy (non-hydrogen) atoms. The lowest BCUT2D eigenvalue weighted by molar-refractivity contribution is 0.621. The van der Waals surface area contributed by atoms with Crippen molar-refractivity contribution < 1.29 is 0 Å². The minimum atomic E-state index is -0.254. The van der Waals surface area contributed by atoms with Crippen LogP contribution in [0.5, 0.6) is 0 Å². The number of nitrogens with one attached hydrogen (secondary N) is 1. The van der Waals surface area contributed by atoms with Crippen molar-refractivity contribution in [3.63, 3.8) is 0 Å². The van der Waals surface area contributed by atoms with Gasteiger partial charge in [0.25, 0.3) is 0 Å². The molecule has 1 heterocycles. The quantitative estimate of drug-likeness (QED) is 0.671. The zero-order valence-electron chi connectivity index (χ0n) is 9.82. The van der Waals surface area contributed by atoms with Gasteiger partial charge in [0.1, 0.15) is 0 Å². The summed E-state index contributed by atoms with van der Waals surface area (Å²) in [5, 5.41) is 0.995. The van der Waals surface area contributed by atoms with Crippen molar-refractivity contribution in [1.82, 2.24) is 10.4 Å². The van der Waals surface area contributed by atoms with E-state index in [9.17, 15) is 0 Å². The van der Waals surface area contributed by atoms with Gasteiger partial charge in [-0.25, -0.2) is 5.43 Å². The number of hydrogen-bond donors (Lipinski definition) is 2. The van der Waals surface area contributed by atoms with E-state index in [1.165, 1.54) is 5.56 Å². The molecule has 1 aromatic carbocycles. The van der Waals surface area contributed by atoms with Gasteiger partial charge in [-0.2, -0.15) is 0 Å². The van der Waals surface area contributed by atoms with Crippen LogP contribution >= 0.6 is 23.2 Å². The molecule has 1 aromatic heterocycles. The molecule has 1 atom stereocenters. The van der Waals surface area contributed by atoms with E-state index in [4.69, 9.17) is 29.0 Å². The maximum absolute atomic E-state index is 6.14. The largest absolute Gasteiger partial charge is 0.271 e. The summed E-state index contributed by atoms with van der Waals surface area (Å²) in [6.45, 7) is 2.03. The summed E-state index contributed by atoms with van der Waals surface area (Å²) in [4.78, 5) is 4.24. The molecule has 3 nitrogen and oxygen atoms in total. The molecule has 0 aliphatic rings. The fourth-order valence-electron chi connectivity index (χ4n) is 1.73.